The summed E-state index contributed by atoms with van der Waals surface area (Å²) < 4.78 is 26.0. The summed E-state index contributed by atoms with van der Waals surface area (Å²) in [5.74, 6) is -2.26. The van der Waals surface area contributed by atoms with E-state index in [1.54, 1.807) is 12.4 Å². The first-order valence-electron chi connectivity index (χ1n) is 5.98. The van der Waals surface area contributed by atoms with Crippen molar-refractivity contribution in [3.05, 3.63) is 30.1 Å². The van der Waals surface area contributed by atoms with Crippen molar-refractivity contribution < 1.29 is 8.78 Å². The summed E-state index contributed by atoms with van der Waals surface area (Å²) in [4.78, 5) is 3.94. The molecule has 0 radical (unpaired) electrons. The van der Waals surface area contributed by atoms with Gasteiger partial charge in [-0.3, -0.25) is 4.98 Å². The Kier molecular flexibility index (Phi) is 3.97. The van der Waals surface area contributed by atoms with Crippen molar-refractivity contribution in [1.29, 1.82) is 0 Å². The number of rotatable bonds is 3. The first-order chi connectivity index (χ1) is 8.07. The summed E-state index contributed by atoms with van der Waals surface area (Å²) in [7, 11) is 0. The van der Waals surface area contributed by atoms with Crippen LogP contribution in [0.3, 0.4) is 0 Å². The molecule has 1 aromatic rings. The molecule has 4 heteroatoms. The first kappa shape index (κ1) is 12.7. The summed E-state index contributed by atoms with van der Waals surface area (Å²) in [5, 5.41) is -0.0477. The van der Waals surface area contributed by atoms with Gasteiger partial charge in [0.05, 0.1) is 0 Å². The van der Waals surface area contributed by atoms with E-state index in [0.717, 1.165) is 12.0 Å². The van der Waals surface area contributed by atoms with Crippen molar-refractivity contribution in [1.82, 2.24) is 4.98 Å². The van der Waals surface area contributed by atoms with Crippen LogP contribution in [0, 0.1) is 5.92 Å². The highest BCUT2D eigenvalue weighted by Gasteiger charge is 2.37. The second kappa shape index (κ2) is 5.30. The Hall–Kier alpha value is -0.700. The zero-order chi connectivity index (χ0) is 12.3. The van der Waals surface area contributed by atoms with Gasteiger partial charge < -0.3 is 0 Å². The van der Waals surface area contributed by atoms with Crippen molar-refractivity contribution in [3.63, 3.8) is 0 Å². The lowest BCUT2D eigenvalue weighted by Gasteiger charge is -2.31. The molecule has 17 heavy (non-hydrogen) atoms. The predicted molar refractivity (Wildman–Crippen MR) is 64.5 cm³/mol. The maximum absolute atomic E-state index is 13.0. The topological polar surface area (TPSA) is 12.9 Å². The molecule has 1 aromatic heterocycles. The van der Waals surface area contributed by atoms with Crippen molar-refractivity contribution in [2.75, 3.05) is 0 Å². The monoisotopic (exact) mass is 259 g/mol. The smallest absolute Gasteiger partial charge is 0.248 e. The molecular formula is C13H16ClF2N. The lowest BCUT2D eigenvalue weighted by atomic mass is 9.83. The van der Waals surface area contributed by atoms with E-state index in [0.29, 0.717) is 12.8 Å². The molecule has 2 rings (SSSR count). The number of hydrogen-bond acceptors (Lipinski definition) is 1. The van der Waals surface area contributed by atoms with Gasteiger partial charge in [0.15, 0.2) is 0 Å². The minimum Gasteiger partial charge on any atom is -0.265 e. The molecule has 0 bridgehead atoms. The molecule has 0 saturated heterocycles. The van der Waals surface area contributed by atoms with Gasteiger partial charge in [-0.25, -0.2) is 8.78 Å². The van der Waals surface area contributed by atoms with E-state index >= 15 is 0 Å². The van der Waals surface area contributed by atoms with E-state index in [9.17, 15) is 8.78 Å². The Morgan fingerprint density at radius 3 is 2.47 bits per heavy atom. The van der Waals surface area contributed by atoms with Gasteiger partial charge in [0.1, 0.15) is 0 Å². The molecule has 1 aliphatic rings. The van der Waals surface area contributed by atoms with Crippen LogP contribution in [0.25, 0.3) is 0 Å². The highest BCUT2D eigenvalue weighted by Crippen LogP contribution is 2.39. The average molecular weight is 260 g/mol. The van der Waals surface area contributed by atoms with Gasteiger partial charge in [-0.15, -0.1) is 11.6 Å². The molecule has 0 aromatic carbocycles. The number of nitrogens with zero attached hydrogens (tertiary/aromatic N) is 1. The van der Waals surface area contributed by atoms with Gasteiger partial charge in [0.2, 0.25) is 5.92 Å². The van der Waals surface area contributed by atoms with Gasteiger partial charge >= 0.3 is 0 Å². The maximum Gasteiger partial charge on any atom is 0.248 e. The van der Waals surface area contributed by atoms with E-state index in [-0.39, 0.29) is 24.1 Å². The molecule has 94 valence electrons. The Morgan fingerprint density at radius 2 is 1.88 bits per heavy atom. The van der Waals surface area contributed by atoms with E-state index in [2.05, 4.69) is 4.98 Å². The number of alkyl halides is 3. The molecule has 1 fully saturated rings. The molecule has 1 nitrogen and oxygen atoms in total. The summed E-state index contributed by atoms with van der Waals surface area (Å²) in [6.07, 6.45) is 5.23. The van der Waals surface area contributed by atoms with Crippen LogP contribution in [0.15, 0.2) is 24.5 Å². The highest BCUT2D eigenvalue weighted by molar-refractivity contribution is 6.20. The Labute approximate surface area is 105 Å². The fourth-order valence-electron chi connectivity index (χ4n) is 2.33. The molecule has 1 saturated carbocycles. The van der Waals surface area contributed by atoms with Crippen LogP contribution >= 0.6 is 11.6 Å². The summed E-state index contributed by atoms with van der Waals surface area (Å²) >= 11 is 6.32. The molecule has 0 aliphatic heterocycles. The van der Waals surface area contributed by atoms with Gasteiger partial charge in [-0.2, -0.15) is 0 Å². The summed E-state index contributed by atoms with van der Waals surface area (Å²) in [5.41, 5.74) is 1.12. The van der Waals surface area contributed by atoms with Gasteiger partial charge in [0.25, 0.3) is 0 Å². The molecule has 1 atom stereocenters. The largest absolute Gasteiger partial charge is 0.265 e. The maximum atomic E-state index is 13.0. The third kappa shape index (κ3) is 3.63. The minimum absolute atomic E-state index is 0.0166. The number of hydrogen-bond donors (Lipinski definition) is 0. The third-order valence-electron chi connectivity index (χ3n) is 3.45. The quantitative estimate of drug-likeness (QED) is 0.746. The SMILES string of the molecule is FC1(F)CCC(C(Cl)Cc2ccncc2)CC1. The first-order valence-corrected chi connectivity index (χ1v) is 6.41. The normalized spacial score (nSPS) is 22.3. The Morgan fingerprint density at radius 1 is 1.29 bits per heavy atom. The average Bonchev–Trinajstić information content (AvgIpc) is 2.30. The summed E-state index contributed by atoms with van der Waals surface area (Å²) in [6.45, 7) is 0. The summed E-state index contributed by atoms with van der Waals surface area (Å²) in [6, 6.07) is 3.85. The molecule has 1 unspecified atom stereocenters. The van der Waals surface area contributed by atoms with Gasteiger partial charge in [-0.05, 0) is 42.9 Å². The molecular weight excluding hydrogens is 244 g/mol. The number of pyridine rings is 1. The zero-order valence-electron chi connectivity index (χ0n) is 9.58. The number of halogens is 3. The fourth-order valence-corrected chi connectivity index (χ4v) is 2.77. The lowest BCUT2D eigenvalue weighted by Crippen LogP contribution is -2.29. The molecule has 0 amide bonds. The highest BCUT2D eigenvalue weighted by atomic mass is 35.5. The van der Waals surface area contributed by atoms with Crippen molar-refractivity contribution in [3.8, 4) is 0 Å². The van der Waals surface area contributed by atoms with Crippen molar-refractivity contribution >= 4 is 11.6 Å². The van der Waals surface area contributed by atoms with Gasteiger partial charge in [-0.1, -0.05) is 0 Å². The van der Waals surface area contributed by atoms with Crippen molar-refractivity contribution in [2.45, 2.75) is 43.4 Å². The molecule has 0 spiro atoms. The lowest BCUT2D eigenvalue weighted by molar-refractivity contribution is -0.0459. The minimum atomic E-state index is -2.47. The second-order valence-electron chi connectivity index (χ2n) is 4.77. The van der Waals surface area contributed by atoms with Crippen LogP contribution in [0.5, 0.6) is 0 Å². The fraction of sp³-hybridized carbons (Fsp3) is 0.615. The van der Waals surface area contributed by atoms with E-state index in [1.165, 1.54) is 0 Å². The van der Waals surface area contributed by atoms with Crippen LogP contribution < -0.4 is 0 Å². The van der Waals surface area contributed by atoms with Crippen LogP contribution in [-0.4, -0.2) is 16.3 Å². The van der Waals surface area contributed by atoms with Gasteiger partial charge in [0, 0.05) is 30.6 Å². The van der Waals surface area contributed by atoms with E-state index < -0.39 is 5.92 Å². The zero-order valence-corrected chi connectivity index (χ0v) is 10.3. The van der Waals surface area contributed by atoms with Crippen LogP contribution in [0.1, 0.15) is 31.2 Å². The third-order valence-corrected chi connectivity index (χ3v) is 3.96. The standard InChI is InChI=1S/C13H16ClF2N/c14-12(9-10-3-7-17-8-4-10)11-1-5-13(15,16)6-2-11/h3-4,7-8,11-12H,1-2,5-6,9H2. The molecule has 1 aliphatic carbocycles. The van der Waals surface area contributed by atoms with E-state index in [1.807, 2.05) is 12.1 Å². The van der Waals surface area contributed by atoms with Crippen LogP contribution in [0.2, 0.25) is 0 Å². The van der Waals surface area contributed by atoms with E-state index in [4.69, 9.17) is 11.6 Å². The Bertz CT molecular complexity index is 346. The van der Waals surface area contributed by atoms with Crippen LogP contribution in [-0.2, 0) is 6.42 Å². The Balaban J connectivity index is 1.87. The number of aromatic nitrogens is 1. The second-order valence-corrected chi connectivity index (χ2v) is 5.33. The molecule has 1 heterocycles. The van der Waals surface area contributed by atoms with Crippen molar-refractivity contribution in [2.24, 2.45) is 5.92 Å². The van der Waals surface area contributed by atoms with Crippen LogP contribution in [0.4, 0.5) is 8.78 Å². The predicted octanol–water partition coefficient (Wildman–Crippen LogP) is 4.06. The molecule has 0 N–H and O–H groups in total.